The lowest BCUT2D eigenvalue weighted by molar-refractivity contribution is 0.158. The lowest BCUT2D eigenvalue weighted by atomic mass is 10.0. The quantitative estimate of drug-likeness (QED) is 0.617. The minimum Gasteiger partial charge on any atom is -0.395 e. The topological polar surface area (TPSA) is 65.7 Å². The Morgan fingerprint density at radius 1 is 1.23 bits per heavy atom. The van der Waals surface area contributed by atoms with Gasteiger partial charge < -0.3 is 10.4 Å². The molecule has 1 aromatic carbocycles. The van der Waals surface area contributed by atoms with Gasteiger partial charge in [-0.05, 0) is 37.5 Å². The zero-order valence-corrected chi connectivity index (χ0v) is 18.8. The maximum absolute atomic E-state index is 9.33. The van der Waals surface area contributed by atoms with Crippen LogP contribution in [0.25, 0.3) is 11.7 Å². The van der Waals surface area contributed by atoms with Gasteiger partial charge in [-0.25, -0.2) is 9.50 Å². The number of aliphatic hydroxyl groups is 1. The van der Waals surface area contributed by atoms with Crippen molar-refractivity contribution in [1.82, 2.24) is 24.8 Å². The predicted molar refractivity (Wildman–Crippen MR) is 125 cm³/mol. The van der Waals surface area contributed by atoms with Crippen LogP contribution in [0.1, 0.15) is 40.7 Å². The molecular weight excluding hydrogens is 386 g/mol. The van der Waals surface area contributed by atoms with Crippen LogP contribution in [0.15, 0.2) is 36.4 Å². The summed E-state index contributed by atoms with van der Waals surface area (Å²) in [5, 5.41) is 17.5. The number of hydrogen-bond acceptors (Lipinski definition) is 5. The molecule has 2 N–H and O–H groups in total. The number of fused-ring (bicyclic) bond motifs is 1. The molecule has 2 aromatic heterocycles. The van der Waals surface area contributed by atoms with E-state index in [9.17, 15) is 5.11 Å². The van der Waals surface area contributed by atoms with Gasteiger partial charge in [-0.3, -0.25) is 4.90 Å². The van der Waals surface area contributed by atoms with Gasteiger partial charge in [0.15, 0.2) is 5.65 Å². The largest absolute Gasteiger partial charge is 0.395 e. The van der Waals surface area contributed by atoms with Crippen molar-refractivity contribution in [2.24, 2.45) is 0 Å². The summed E-state index contributed by atoms with van der Waals surface area (Å²) in [4.78, 5) is 7.15. The first-order valence-corrected chi connectivity index (χ1v) is 11.2. The molecule has 4 rings (SSSR count). The van der Waals surface area contributed by atoms with E-state index >= 15 is 0 Å². The third-order valence-corrected chi connectivity index (χ3v) is 6.00. The summed E-state index contributed by atoms with van der Waals surface area (Å²) in [5.74, 6) is 0. The van der Waals surface area contributed by atoms with Gasteiger partial charge in [0.1, 0.15) is 0 Å². The molecule has 0 radical (unpaired) electrons. The van der Waals surface area contributed by atoms with Gasteiger partial charge >= 0.3 is 0 Å². The second-order valence-electron chi connectivity index (χ2n) is 8.47. The van der Waals surface area contributed by atoms with Gasteiger partial charge in [-0.1, -0.05) is 43.3 Å². The third kappa shape index (κ3) is 5.03. The molecule has 1 aliphatic rings. The molecule has 0 bridgehead atoms. The highest BCUT2D eigenvalue weighted by Crippen LogP contribution is 2.21. The maximum atomic E-state index is 9.33. The Labute approximate surface area is 184 Å². The number of aromatic nitrogens is 3. The Balaban J connectivity index is 1.44. The van der Waals surface area contributed by atoms with Crippen LogP contribution in [0.5, 0.6) is 0 Å². The van der Waals surface area contributed by atoms with Gasteiger partial charge in [0.25, 0.3) is 0 Å². The zero-order chi connectivity index (χ0) is 21.8. The molecule has 164 valence electrons. The lowest BCUT2D eigenvalue weighted by Crippen LogP contribution is -2.52. The third-order valence-electron chi connectivity index (χ3n) is 6.00. The average molecular weight is 420 g/mol. The van der Waals surface area contributed by atoms with E-state index in [4.69, 9.17) is 10.1 Å². The standard InChI is InChI=1S/C25H33N5O/c1-4-24-23(25-27-18(2)14-19(3)30(25)28-24)15-21-9-7-20(8-10-21)6-5-12-29-13-11-26-22(16-29)17-31/h5-10,14,22,26,31H,4,11-13,15-17H2,1-3H3/t22-/m0/s1. The molecule has 0 amide bonds. The molecule has 0 saturated carbocycles. The van der Waals surface area contributed by atoms with E-state index < -0.39 is 0 Å². The van der Waals surface area contributed by atoms with Crippen LogP contribution >= 0.6 is 0 Å². The first-order valence-electron chi connectivity index (χ1n) is 11.2. The van der Waals surface area contributed by atoms with E-state index in [0.717, 1.165) is 61.7 Å². The normalized spacial score (nSPS) is 17.7. The van der Waals surface area contributed by atoms with E-state index in [1.807, 2.05) is 11.4 Å². The molecular formula is C25H33N5O. The van der Waals surface area contributed by atoms with Crippen molar-refractivity contribution in [3.05, 3.63) is 70.2 Å². The van der Waals surface area contributed by atoms with Crippen LogP contribution in [-0.4, -0.2) is 63.4 Å². The SMILES string of the molecule is CCc1nn2c(C)cc(C)nc2c1Cc1ccc(C=CCN2CCN[C@H](CO)C2)cc1. The molecule has 3 heterocycles. The first-order chi connectivity index (χ1) is 15.1. The summed E-state index contributed by atoms with van der Waals surface area (Å²) in [6.07, 6.45) is 6.14. The molecule has 1 saturated heterocycles. The molecule has 0 spiro atoms. The number of rotatable bonds is 7. The number of piperazine rings is 1. The van der Waals surface area contributed by atoms with E-state index in [0.29, 0.717) is 0 Å². The lowest BCUT2D eigenvalue weighted by Gasteiger charge is -2.31. The van der Waals surface area contributed by atoms with Crippen LogP contribution in [-0.2, 0) is 12.8 Å². The van der Waals surface area contributed by atoms with Crippen molar-refractivity contribution >= 4 is 11.7 Å². The monoisotopic (exact) mass is 419 g/mol. The first kappa shape index (κ1) is 21.7. The van der Waals surface area contributed by atoms with Crippen molar-refractivity contribution in [1.29, 1.82) is 0 Å². The summed E-state index contributed by atoms with van der Waals surface area (Å²) >= 11 is 0. The highest BCUT2D eigenvalue weighted by Gasteiger charge is 2.17. The van der Waals surface area contributed by atoms with Crippen molar-refractivity contribution in [3.8, 4) is 0 Å². The Bertz CT molecular complexity index is 1050. The fourth-order valence-corrected chi connectivity index (χ4v) is 4.35. The summed E-state index contributed by atoms with van der Waals surface area (Å²) in [7, 11) is 0. The van der Waals surface area contributed by atoms with E-state index in [1.165, 1.54) is 16.7 Å². The Morgan fingerprint density at radius 2 is 2.03 bits per heavy atom. The smallest absolute Gasteiger partial charge is 0.159 e. The van der Waals surface area contributed by atoms with Crippen LogP contribution in [0, 0.1) is 13.8 Å². The van der Waals surface area contributed by atoms with E-state index in [-0.39, 0.29) is 12.6 Å². The van der Waals surface area contributed by atoms with Crippen LogP contribution in [0.2, 0.25) is 0 Å². The van der Waals surface area contributed by atoms with Crippen LogP contribution in [0.4, 0.5) is 0 Å². The van der Waals surface area contributed by atoms with Crippen molar-refractivity contribution < 1.29 is 5.11 Å². The molecule has 0 aliphatic carbocycles. The highest BCUT2D eigenvalue weighted by atomic mass is 16.3. The van der Waals surface area contributed by atoms with Gasteiger partial charge in [-0.2, -0.15) is 5.10 Å². The van der Waals surface area contributed by atoms with Crippen molar-refractivity contribution in [2.75, 3.05) is 32.8 Å². The molecule has 1 atom stereocenters. The molecule has 3 aromatic rings. The van der Waals surface area contributed by atoms with Crippen molar-refractivity contribution in [3.63, 3.8) is 0 Å². The van der Waals surface area contributed by atoms with E-state index in [2.05, 4.69) is 66.5 Å². The Morgan fingerprint density at radius 3 is 2.77 bits per heavy atom. The summed E-state index contributed by atoms with van der Waals surface area (Å²) in [5.41, 5.74) is 7.98. The molecule has 6 nitrogen and oxygen atoms in total. The number of aryl methyl sites for hydroxylation is 3. The molecule has 1 fully saturated rings. The number of hydrogen-bond donors (Lipinski definition) is 2. The molecule has 0 unspecified atom stereocenters. The van der Waals surface area contributed by atoms with Crippen LogP contribution < -0.4 is 5.32 Å². The summed E-state index contributed by atoms with van der Waals surface area (Å²) in [6.45, 7) is 10.2. The minimum atomic E-state index is 0.191. The fourth-order valence-electron chi connectivity index (χ4n) is 4.35. The van der Waals surface area contributed by atoms with E-state index in [1.54, 1.807) is 0 Å². The highest BCUT2D eigenvalue weighted by molar-refractivity contribution is 5.55. The van der Waals surface area contributed by atoms with Gasteiger partial charge in [-0.15, -0.1) is 0 Å². The summed E-state index contributed by atoms with van der Waals surface area (Å²) in [6, 6.07) is 11.0. The predicted octanol–water partition coefficient (Wildman–Crippen LogP) is 2.78. The zero-order valence-electron chi connectivity index (χ0n) is 18.8. The van der Waals surface area contributed by atoms with Gasteiger partial charge in [0.05, 0.1) is 12.3 Å². The van der Waals surface area contributed by atoms with Gasteiger partial charge in [0, 0.05) is 55.6 Å². The van der Waals surface area contributed by atoms with Crippen molar-refractivity contribution in [2.45, 2.75) is 39.7 Å². The number of aliphatic hydroxyl groups excluding tert-OH is 1. The maximum Gasteiger partial charge on any atom is 0.159 e. The number of nitrogens with one attached hydrogen (secondary N) is 1. The molecule has 31 heavy (non-hydrogen) atoms. The Hall–Kier alpha value is -2.54. The number of nitrogens with zero attached hydrogens (tertiary/aromatic N) is 4. The average Bonchev–Trinajstić information content (AvgIpc) is 3.13. The number of benzene rings is 1. The second-order valence-corrected chi connectivity index (χ2v) is 8.47. The molecule has 1 aliphatic heterocycles. The Kier molecular flexibility index (Phi) is 6.80. The second kappa shape index (κ2) is 9.73. The van der Waals surface area contributed by atoms with Gasteiger partial charge in [0.2, 0.25) is 0 Å². The fraction of sp³-hybridized carbons (Fsp3) is 0.440. The summed E-state index contributed by atoms with van der Waals surface area (Å²) < 4.78 is 1.98. The molecule has 6 heteroatoms. The minimum absolute atomic E-state index is 0.191. The van der Waals surface area contributed by atoms with Crippen LogP contribution in [0.3, 0.4) is 0 Å².